The van der Waals surface area contributed by atoms with Crippen LogP contribution in [0.3, 0.4) is 0 Å². The summed E-state index contributed by atoms with van der Waals surface area (Å²) in [6.07, 6.45) is 1.25. The van der Waals surface area contributed by atoms with Gasteiger partial charge in [-0.15, -0.1) is 11.3 Å². The Kier molecular flexibility index (Phi) is 4.98. The van der Waals surface area contributed by atoms with Crippen molar-refractivity contribution in [3.05, 3.63) is 51.7 Å². The molecule has 1 amide bonds. The Bertz CT molecular complexity index is 683. The maximum Gasteiger partial charge on any atom is 0.254 e. The molecule has 0 radical (unpaired) electrons. The molecule has 5 heteroatoms. The molecule has 3 rings (SSSR count). The van der Waals surface area contributed by atoms with Gasteiger partial charge in [-0.3, -0.25) is 4.79 Å². The van der Waals surface area contributed by atoms with E-state index in [0.29, 0.717) is 12.1 Å². The zero-order valence-corrected chi connectivity index (χ0v) is 14.1. The van der Waals surface area contributed by atoms with E-state index in [0.717, 1.165) is 31.6 Å². The molecule has 0 saturated carbocycles. The number of amides is 1. The summed E-state index contributed by atoms with van der Waals surface area (Å²) in [5.74, 6) is -0.000274. The number of nitrogens with zero attached hydrogens (tertiary/aromatic N) is 1. The normalized spacial score (nSPS) is 18.0. The smallest absolute Gasteiger partial charge is 0.254 e. The van der Waals surface area contributed by atoms with E-state index in [4.69, 9.17) is 0 Å². The minimum Gasteiger partial charge on any atom is -0.391 e. The minimum absolute atomic E-state index is 0.000274. The predicted octanol–water partition coefficient (Wildman–Crippen LogP) is 3.27. The Labute approximate surface area is 140 Å². The fourth-order valence-corrected chi connectivity index (χ4v) is 3.70. The number of aliphatic hydroxyl groups excluding tert-OH is 1. The molecule has 1 atom stereocenters. The summed E-state index contributed by atoms with van der Waals surface area (Å²) in [7, 11) is 0. The second kappa shape index (κ2) is 7.15. The van der Waals surface area contributed by atoms with E-state index < -0.39 is 6.10 Å². The highest BCUT2D eigenvalue weighted by atomic mass is 32.1. The SMILES string of the molecule is Cc1ccsc1CNc1cccc(C(=O)N2CCCC(O)C2)c1. The van der Waals surface area contributed by atoms with Crippen LogP contribution in [-0.2, 0) is 6.54 Å². The van der Waals surface area contributed by atoms with Gasteiger partial charge in [-0.25, -0.2) is 0 Å². The lowest BCUT2D eigenvalue weighted by Gasteiger charge is -2.30. The molecule has 4 nitrogen and oxygen atoms in total. The summed E-state index contributed by atoms with van der Waals surface area (Å²) in [5, 5.41) is 15.2. The van der Waals surface area contributed by atoms with Crippen molar-refractivity contribution in [1.82, 2.24) is 4.90 Å². The number of thiophene rings is 1. The molecule has 0 spiro atoms. The fourth-order valence-electron chi connectivity index (χ4n) is 2.85. The standard InChI is InChI=1S/C18H22N2O2S/c1-13-7-9-23-17(13)11-19-15-5-2-4-14(10-15)18(22)20-8-3-6-16(21)12-20/h2,4-5,7,9-10,16,19,21H,3,6,8,11-12H2,1H3. The second-order valence-corrected chi connectivity index (χ2v) is 7.01. The highest BCUT2D eigenvalue weighted by Gasteiger charge is 2.23. The monoisotopic (exact) mass is 330 g/mol. The van der Waals surface area contributed by atoms with E-state index in [1.807, 2.05) is 24.3 Å². The van der Waals surface area contributed by atoms with Crippen LogP contribution in [0, 0.1) is 6.92 Å². The molecule has 1 aliphatic rings. The van der Waals surface area contributed by atoms with Gasteiger partial charge in [-0.2, -0.15) is 0 Å². The molecule has 1 saturated heterocycles. The average molecular weight is 330 g/mol. The molecule has 1 fully saturated rings. The average Bonchev–Trinajstić information content (AvgIpc) is 2.97. The van der Waals surface area contributed by atoms with Crippen LogP contribution in [0.4, 0.5) is 5.69 Å². The number of β-amino-alcohol motifs (C(OH)–C–C–N with tert-alkyl or cyclic N) is 1. The number of hydrogen-bond acceptors (Lipinski definition) is 4. The zero-order valence-electron chi connectivity index (χ0n) is 13.3. The molecular formula is C18H22N2O2S. The molecule has 23 heavy (non-hydrogen) atoms. The van der Waals surface area contributed by atoms with Crippen LogP contribution in [0.25, 0.3) is 0 Å². The third kappa shape index (κ3) is 3.92. The largest absolute Gasteiger partial charge is 0.391 e. The number of benzene rings is 1. The number of aliphatic hydroxyl groups is 1. The molecule has 0 bridgehead atoms. The first kappa shape index (κ1) is 16.0. The van der Waals surface area contributed by atoms with Crippen molar-refractivity contribution >= 4 is 22.9 Å². The van der Waals surface area contributed by atoms with Gasteiger partial charge >= 0.3 is 0 Å². The first-order valence-corrected chi connectivity index (χ1v) is 8.85. The van der Waals surface area contributed by atoms with Gasteiger partial charge in [-0.1, -0.05) is 6.07 Å². The highest BCUT2D eigenvalue weighted by Crippen LogP contribution is 2.20. The maximum absolute atomic E-state index is 12.6. The van der Waals surface area contributed by atoms with Crippen LogP contribution in [0.2, 0.25) is 0 Å². The number of carbonyl (C=O) groups is 1. The van der Waals surface area contributed by atoms with E-state index >= 15 is 0 Å². The topological polar surface area (TPSA) is 52.6 Å². The molecule has 1 aromatic carbocycles. The summed E-state index contributed by atoms with van der Waals surface area (Å²) >= 11 is 1.74. The van der Waals surface area contributed by atoms with Crippen molar-refractivity contribution in [3.8, 4) is 0 Å². The number of carbonyl (C=O) groups excluding carboxylic acids is 1. The Balaban J connectivity index is 1.67. The molecule has 1 aromatic heterocycles. The Hall–Kier alpha value is -1.85. The number of hydrogen-bond donors (Lipinski definition) is 2. The lowest BCUT2D eigenvalue weighted by molar-refractivity contribution is 0.0474. The first-order valence-electron chi connectivity index (χ1n) is 7.98. The molecule has 1 aliphatic heterocycles. The van der Waals surface area contributed by atoms with E-state index in [2.05, 4.69) is 23.7 Å². The van der Waals surface area contributed by atoms with Gasteiger partial charge in [-0.05, 0) is 55.0 Å². The van der Waals surface area contributed by atoms with Crippen LogP contribution in [0.5, 0.6) is 0 Å². The molecule has 1 unspecified atom stereocenters. The van der Waals surface area contributed by atoms with Crippen molar-refractivity contribution < 1.29 is 9.90 Å². The molecular weight excluding hydrogens is 308 g/mol. The molecule has 2 N–H and O–H groups in total. The number of likely N-dealkylation sites (tertiary alicyclic amines) is 1. The van der Waals surface area contributed by atoms with Crippen molar-refractivity contribution in [2.75, 3.05) is 18.4 Å². The van der Waals surface area contributed by atoms with Gasteiger partial charge < -0.3 is 15.3 Å². The van der Waals surface area contributed by atoms with E-state index in [1.165, 1.54) is 10.4 Å². The predicted molar refractivity (Wildman–Crippen MR) is 94.0 cm³/mol. The summed E-state index contributed by atoms with van der Waals surface area (Å²) in [5.41, 5.74) is 2.91. The Morgan fingerprint density at radius 3 is 3.04 bits per heavy atom. The zero-order chi connectivity index (χ0) is 16.2. The van der Waals surface area contributed by atoms with Gasteiger partial charge in [0.2, 0.25) is 0 Å². The van der Waals surface area contributed by atoms with Gasteiger partial charge in [0, 0.05) is 35.8 Å². The third-order valence-electron chi connectivity index (χ3n) is 4.21. The summed E-state index contributed by atoms with van der Waals surface area (Å²) in [4.78, 5) is 15.6. The van der Waals surface area contributed by atoms with Crippen molar-refractivity contribution in [1.29, 1.82) is 0 Å². The van der Waals surface area contributed by atoms with Crippen LogP contribution < -0.4 is 5.32 Å². The van der Waals surface area contributed by atoms with E-state index in [-0.39, 0.29) is 5.91 Å². The highest BCUT2D eigenvalue weighted by molar-refractivity contribution is 7.10. The van der Waals surface area contributed by atoms with Crippen molar-refractivity contribution in [3.63, 3.8) is 0 Å². The number of aryl methyl sites for hydroxylation is 1. The molecule has 2 aromatic rings. The minimum atomic E-state index is -0.393. The van der Waals surface area contributed by atoms with Crippen LogP contribution in [0.15, 0.2) is 35.7 Å². The van der Waals surface area contributed by atoms with Gasteiger partial charge in [0.1, 0.15) is 0 Å². The fraction of sp³-hybridized carbons (Fsp3) is 0.389. The maximum atomic E-state index is 12.6. The number of piperidine rings is 1. The van der Waals surface area contributed by atoms with E-state index in [1.54, 1.807) is 16.2 Å². The molecule has 122 valence electrons. The summed E-state index contributed by atoms with van der Waals surface area (Å²) < 4.78 is 0. The quantitative estimate of drug-likeness (QED) is 0.905. The first-order chi connectivity index (χ1) is 11.1. The van der Waals surface area contributed by atoms with Gasteiger partial charge in [0.25, 0.3) is 5.91 Å². The lowest BCUT2D eigenvalue weighted by atomic mass is 10.1. The molecule has 0 aliphatic carbocycles. The Morgan fingerprint density at radius 1 is 1.43 bits per heavy atom. The summed E-state index contributed by atoms with van der Waals surface area (Å²) in [6.45, 7) is 4.03. The number of anilines is 1. The van der Waals surface area contributed by atoms with Crippen LogP contribution in [0.1, 0.15) is 33.6 Å². The number of rotatable bonds is 4. The van der Waals surface area contributed by atoms with Gasteiger partial charge in [0.15, 0.2) is 0 Å². The van der Waals surface area contributed by atoms with Crippen LogP contribution >= 0.6 is 11.3 Å². The van der Waals surface area contributed by atoms with Gasteiger partial charge in [0.05, 0.1) is 6.10 Å². The van der Waals surface area contributed by atoms with Crippen molar-refractivity contribution in [2.45, 2.75) is 32.4 Å². The van der Waals surface area contributed by atoms with Crippen molar-refractivity contribution in [2.24, 2.45) is 0 Å². The number of nitrogens with one attached hydrogen (secondary N) is 1. The Morgan fingerprint density at radius 2 is 2.30 bits per heavy atom. The summed E-state index contributed by atoms with van der Waals surface area (Å²) in [6, 6.07) is 9.72. The molecule has 2 heterocycles. The van der Waals surface area contributed by atoms with E-state index in [9.17, 15) is 9.90 Å². The van der Waals surface area contributed by atoms with Crippen LogP contribution in [-0.4, -0.2) is 35.1 Å². The lowest BCUT2D eigenvalue weighted by Crippen LogP contribution is -2.42. The third-order valence-corrected chi connectivity index (χ3v) is 5.24. The second-order valence-electron chi connectivity index (χ2n) is 6.01.